The van der Waals surface area contributed by atoms with Gasteiger partial charge in [0.25, 0.3) is 5.12 Å². The fourth-order valence-corrected chi connectivity index (χ4v) is 0.187. The summed E-state index contributed by atoms with van der Waals surface area (Å²) in [6.07, 6.45) is 0. The molecule has 0 aromatic heterocycles. The molecule has 0 spiro atoms. The van der Waals surface area contributed by atoms with Crippen LogP contribution in [0.5, 0.6) is 0 Å². The first-order valence-corrected chi connectivity index (χ1v) is 2.01. The van der Waals surface area contributed by atoms with Crippen molar-refractivity contribution in [2.24, 2.45) is 0 Å². The Labute approximate surface area is 49.9 Å². The van der Waals surface area contributed by atoms with Gasteiger partial charge in [0, 0.05) is 0 Å². The number of rotatable bonds is 2. The van der Waals surface area contributed by atoms with E-state index in [1.165, 1.54) is 0 Å². The highest BCUT2D eigenvalue weighted by Gasteiger charge is 2.16. The van der Waals surface area contributed by atoms with Crippen LogP contribution in [0.3, 0.4) is 0 Å². The molecule has 0 saturated heterocycles. The highest BCUT2D eigenvalue weighted by atomic mass is 32.1. The molecular weight excluding hydrogens is 132 g/mol. The highest BCUT2D eigenvalue weighted by Crippen LogP contribution is 1.80. The van der Waals surface area contributed by atoms with Crippen LogP contribution in [0.2, 0.25) is 0 Å². The van der Waals surface area contributed by atoms with Gasteiger partial charge in [0.05, 0.1) is 0 Å². The van der Waals surface area contributed by atoms with Gasteiger partial charge >= 0.3 is 11.8 Å². The second-order valence-corrected chi connectivity index (χ2v) is 1.35. The number of hydrogen-bond donors (Lipinski definition) is 2. The molecule has 44 valence electrons. The lowest BCUT2D eigenvalue weighted by atomic mass is 10.4. The summed E-state index contributed by atoms with van der Waals surface area (Å²) in [6.45, 7) is 0. The summed E-state index contributed by atoms with van der Waals surface area (Å²) in [5.41, 5.74) is 0. The highest BCUT2D eigenvalue weighted by molar-refractivity contribution is 7.99. The molecule has 8 heavy (non-hydrogen) atoms. The average Bonchev–Trinajstić information content (AvgIpc) is 1.64. The molecule has 0 aromatic carbocycles. The van der Waals surface area contributed by atoms with Gasteiger partial charge < -0.3 is 5.11 Å². The van der Waals surface area contributed by atoms with Crippen molar-refractivity contribution in [1.82, 2.24) is 0 Å². The van der Waals surface area contributed by atoms with Crippen LogP contribution in [0, 0.1) is 0 Å². The smallest absolute Gasteiger partial charge is 0.381 e. The van der Waals surface area contributed by atoms with Crippen LogP contribution < -0.4 is 0 Å². The zero-order valence-electron chi connectivity index (χ0n) is 3.62. The first-order chi connectivity index (χ1) is 3.55. The summed E-state index contributed by atoms with van der Waals surface area (Å²) in [5, 5.41) is 6.48. The van der Waals surface area contributed by atoms with Crippen LogP contribution >= 0.6 is 12.6 Å². The molecule has 1 N–H and O–H groups in total. The van der Waals surface area contributed by atoms with Crippen LogP contribution in [0.1, 0.15) is 0 Å². The summed E-state index contributed by atoms with van der Waals surface area (Å²) in [4.78, 5) is 29.1. The predicted octanol–water partition coefficient (Wildman–Crippen LogP) is -0.904. The minimum atomic E-state index is -1.77. The number of carbonyl (C=O) groups is 3. The average molecular weight is 134 g/mol. The van der Waals surface area contributed by atoms with Gasteiger partial charge in [-0.25, -0.2) is 4.79 Å². The number of hydrogen-bond acceptors (Lipinski definition) is 3. The van der Waals surface area contributed by atoms with Gasteiger partial charge in [-0.1, -0.05) is 12.6 Å². The number of carbonyl (C=O) groups excluding carboxylic acids is 2. The summed E-state index contributed by atoms with van der Waals surface area (Å²) < 4.78 is 0. The lowest BCUT2D eigenvalue weighted by molar-refractivity contribution is -0.151. The maximum atomic E-state index is 9.82. The van der Waals surface area contributed by atoms with Crippen LogP contribution in [0.15, 0.2) is 0 Å². The molecule has 4 nitrogen and oxygen atoms in total. The first-order valence-electron chi connectivity index (χ1n) is 1.56. The van der Waals surface area contributed by atoms with Crippen LogP contribution in [0.25, 0.3) is 0 Å². The molecule has 0 unspecified atom stereocenters. The van der Waals surface area contributed by atoms with Gasteiger partial charge in [-0.15, -0.1) is 0 Å². The van der Waals surface area contributed by atoms with E-state index in [2.05, 4.69) is 12.6 Å². The van der Waals surface area contributed by atoms with Crippen molar-refractivity contribution in [3.63, 3.8) is 0 Å². The number of thiol groups is 1. The van der Waals surface area contributed by atoms with Crippen LogP contribution in [0.4, 0.5) is 0 Å². The van der Waals surface area contributed by atoms with Crippen LogP contribution in [-0.2, 0) is 14.4 Å². The predicted molar refractivity (Wildman–Crippen MR) is 26.6 cm³/mol. The van der Waals surface area contributed by atoms with Crippen molar-refractivity contribution >= 4 is 29.5 Å². The Balaban J connectivity index is 4.05. The third kappa shape index (κ3) is 1.74. The quantitative estimate of drug-likeness (QED) is 0.291. The second kappa shape index (κ2) is 2.46. The number of aliphatic carboxylic acids is 1. The number of Topliss-reactive ketones (excluding diaryl/α,β-unsaturated/α-hetero) is 1. The Morgan fingerprint density at radius 1 is 1.25 bits per heavy atom. The first kappa shape index (κ1) is 7.16. The van der Waals surface area contributed by atoms with Gasteiger partial charge in [-0.05, 0) is 0 Å². The van der Waals surface area contributed by atoms with Gasteiger partial charge in [0.15, 0.2) is 0 Å². The fraction of sp³-hybridized carbons (Fsp3) is 0. The molecule has 0 bridgehead atoms. The largest absolute Gasteiger partial charge is 0.475 e. The van der Waals surface area contributed by atoms with Crippen molar-refractivity contribution in [2.45, 2.75) is 0 Å². The summed E-state index contributed by atoms with van der Waals surface area (Å²) >= 11 is 2.96. The summed E-state index contributed by atoms with van der Waals surface area (Å²) in [6, 6.07) is 0. The molecule has 0 aliphatic heterocycles. The van der Waals surface area contributed by atoms with Gasteiger partial charge in [-0.2, -0.15) is 0 Å². The van der Waals surface area contributed by atoms with E-state index in [0.29, 0.717) is 0 Å². The Hall–Kier alpha value is -0.840. The van der Waals surface area contributed by atoms with E-state index in [-0.39, 0.29) is 0 Å². The van der Waals surface area contributed by atoms with Gasteiger partial charge in [0.1, 0.15) is 0 Å². The molecule has 0 radical (unpaired) electrons. The van der Waals surface area contributed by atoms with Crippen molar-refractivity contribution in [2.75, 3.05) is 0 Å². The van der Waals surface area contributed by atoms with E-state index in [4.69, 9.17) is 5.11 Å². The Kier molecular flexibility index (Phi) is 2.20. The zero-order valence-corrected chi connectivity index (χ0v) is 4.51. The summed E-state index contributed by atoms with van der Waals surface area (Å²) in [7, 11) is 0. The third-order valence-electron chi connectivity index (χ3n) is 0.388. The third-order valence-corrected chi connectivity index (χ3v) is 0.592. The molecule has 0 rings (SSSR count). The van der Waals surface area contributed by atoms with Crippen molar-refractivity contribution < 1.29 is 19.5 Å². The fourth-order valence-electron chi connectivity index (χ4n) is 0.0915. The topological polar surface area (TPSA) is 71.4 Å². The monoisotopic (exact) mass is 134 g/mol. The van der Waals surface area contributed by atoms with Gasteiger partial charge in [0.2, 0.25) is 0 Å². The molecule has 0 aliphatic rings. The molecule has 0 aliphatic carbocycles. The molecule has 0 aromatic rings. The molecule has 0 saturated carbocycles. The number of carboxylic acid groups (broad SMARTS) is 1. The minimum absolute atomic E-state index is 1.25. The molecule has 0 fully saturated rings. The normalized spacial score (nSPS) is 8.12. The van der Waals surface area contributed by atoms with E-state index < -0.39 is 16.9 Å². The second-order valence-electron chi connectivity index (χ2n) is 0.939. The van der Waals surface area contributed by atoms with Crippen molar-refractivity contribution in [3.8, 4) is 0 Å². The lowest BCUT2D eigenvalue weighted by Gasteiger charge is -1.80. The molecule has 0 amide bonds. The standard InChI is InChI=1S/C3H2O4S/c4-1(2(5)6)3(7)8/h(H,5,6)(H,7,8). The number of carboxylic acids is 1. The SMILES string of the molecule is O=C(O)C(=O)C(=O)S. The van der Waals surface area contributed by atoms with Crippen molar-refractivity contribution in [1.29, 1.82) is 0 Å². The Morgan fingerprint density at radius 3 is 1.62 bits per heavy atom. The number of ketones is 1. The van der Waals surface area contributed by atoms with E-state index in [0.717, 1.165) is 0 Å². The van der Waals surface area contributed by atoms with Crippen LogP contribution in [-0.4, -0.2) is 22.0 Å². The van der Waals surface area contributed by atoms with E-state index in [1.54, 1.807) is 0 Å². The zero-order chi connectivity index (χ0) is 6.73. The van der Waals surface area contributed by atoms with Crippen molar-refractivity contribution in [3.05, 3.63) is 0 Å². The Bertz CT molecular complexity index is 133. The van der Waals surface area contributed by atoms with E-state index in [9.17, 15) is 14.4 Å². The maximum Gasteiger partial charge on any atom is 0.381 e. The molecule has 0 heterocycles. The molecule has 0 atom stereocenters. The molecular formula is C3H2O4S. The molecule has 5 heteroatoms. The van der Waals surface area contributed by atoms with Gasteiger partial charge in [-0.3, -0.25) is 9.59 Å². The van der Waals surface area contributed by atoms with E-state index in [1.807, 2.05) is 0 Å². The maximum absolute atomic E-state index is 9.82. The minimum Gasteiger partial charge on any atom is -0.475 e. The summed E-state index contributed by atoms with van der Waals surface area (Å²) in [5.74, 6) is -3.28. The van der Waals surface area contributed by atoms with E-state index >= 15 is 0 Å². The lowest BCUT2D eigenvalue weighted by Crippen LogP contribution is -2.18. The Morgan fingerprint density at radius 2 is 1.62 bits per heavy atom.